The molecule has 112 valence electrons. The van der Waals surface area contributed by atoms with E-state index in [9.17, 15) is 19.7 Å². The minimum atomic E-state index is -1.07. The first-order chi connectivity index (χ1) is 9.69. The van der Waals surface area contributed by atoms with Gasteiger partial charge in [-0.25, -0.2) is 0 Å². The number of nitro groups is 1. The number of nitriles is 1. The van der Waals surface area contributed by atoms with Crippen LogP contribution in [0.25, 0.3) is 0 Å². The lowest BCUT2D eigenvalue weighted by atomic mass is 9.90. The standard InChI is InChI=1S/C13H16N4O4/c1-9(2)13(3,8-14)15-11(18)7-16-6-10(17(20)21)4-5-12(16)19/h4-6,9H,7H2,1-3H3,(H,15,18). The van der Waals surface area contributed by atoms with Crippen LogP contribution >= 0.6 is 0 Å². The van der Waals surface area contributed by atoms with Crippen molar-refractivity contribution in [3.8, 4) is 6.07 Å². The van der Waals surface area contributed by atoms with Gasteiger partial charge in [-0.05, 0) is 12.8 Å². The minimum absolute atomic E-state index is 0.131. The molecule has 1 unspecified atom stereocenters. The molecule has 1 amide bonds. The van der Waals surface area contributed by atoms with Crippen molar-refractivity contribution in [3.05, 3.63) is 38.8 Å². The Morgan fingerprint density at radius 3 is 2.67 bits per heavy atom. The zero-order valence-electron chi connectivity index (χ0n) is 12.0. The fraction of sp³-hybridized carbons (Fsp3) is 0.462. The van der Waals surface area contributed by atoms with Gasteiger partial charge in [0.15, 0.2) is 0 Å². The highest BCUT2D eigenvalue weighted by Gasteiger charge is 2.30. The first-order valence-electron chi connectivity index (χ1n) is 6.26. The highest BCUT2D eigenvalue weighted by molar-refractivity contribution is 5.77. The number of nitrogens with one attached hydrogen (secondary N) is 1. The van der Waals surface area contributed by atoms with Crippen LogP contribution < -0.4 is 10.9 Å². The molecule has 0 saturated carbocycles. The van der Waals surface area contributed by atoms with Crippen LogP contribution in [0.15, 0.2) is 23.1 Å². The van der Waals surface area contributed by atoms with E-state index in [0.717, 1.165) is 22.9 Å². The van der Waals surface area contributed by atoms with E-state index in [4.69, 9.17) is 5.26 Å². The fourth-order valence-electron chi connectivity index (χ4n) is 1.54. The Labute approximate surface area is 121 Å². The van der Waals surface area contributed by atoms with Crippen molar-refractivity contribution < 1.29 is 9.72 Å². The molecule has 1 aromatic rings. The zero-order chi connectivity index (χ0) is 16.2. The average molecular weight is 292 g/mol. The molecule has 8 nitrogen and oxygen atoms in total. The number of amides is 1. The summed E-state index contributed by atoms with van der Waals surface area (Å²) in [5, 5.41) is 22.3. The van der Waals surface area contributed by atoms with Crippen LogP contribution in [-0.4, -0.2) is 20.9 Å². The van der Waals surface area contributed by atoms with E-state index in [1.165, 1.54) is 0 Å². The van der Waals surface area contributed by atoms with Gasteiger partial charge in [-0.3, -0.25) is 24.3 Å². The third-order valence-electron chi connectivity index (χ3n) is 3.28. The Bertz CT molecular complexity index is 659. The Morgan fingerprint density at radius 1 is 1.57 bits per heavy atom. The molecule has 0 spiro atoms. The fourth-order valence-corrected chi connectivity index (χ4v) is 1.54. The van der Waals surface area contributed by atoms with Crippen molar-refractivity contribution in [2.45, 2.75) is 32.9 Å². The Morgan fingerprint density at radius 2 is 2.19 bits per heavy atom. The third-order valence-corrected chi connectivity index (χ3v) is 3.28. The largest absolute Gasteiger partial charge is 0.336 e. The van der Waals surface area contributed by atoms with Crippen LogP contribution in [0.1, 0.15) is 20.8 Å². The molecule has 8 heteroatoms. The number of rotatable bonds is 5. The summed E-state index contributed by atoms with van der Waals surface area (Å²) in [5.74, 6) is -0.691. The van der Waals surface area contributed by atoms with Crippen LogP contribution in [0.3, 0.4) is 0 Å². The van der Waals surface area contributed by atoms with E-state index in [2.05, 4.69) is 5.32 Å². The molecule has 0 bridgehead atoms. The van der Waals surface area contributed by atoms with E-state index in [-0.39, 0.29) is 18.2 Å². The van der Waals surface area contributed by atoms with E-state index in [1.54, 1.807) is 20.8 Å². The first-order valence-corrected chi connectivity index (χ1v) is 6.26. The van der Waals surface area contributed by atoms with Crippen molar-refractivity contribution in [3.63, 3.8) is 0 Å². The minimum Gasteiger partial charge on any atom is -0.336 e. The quantitative estimate of drug-likeness (QED) is 0.636. The van der Waals surface area contributed by atoms with Gasteiger partial charge in [0.25, 0.3) is 11.2 Å². The SMILES string of the molecule is CC(C)C(C)(C#N)NC(=O)Cn1cc([N+](=O)[O-])ccc1=O. The molecular formula is C13H16N4O4. The predicted molar refractivity (Wildman–Crippen MR) is 74.4 cm³/mol. The maximum atomic E-state index is 11.9. The second-order valence-electron chi connectivity index (χ2n) is 5.13. The summed E-state index contributed by atoms with van der Waals surface area (Å²) in [6.45, 7) is 4.75. The van der Waals surface area contributed by atoms with Crippen LogP contribution in [0.5, 0.6) is 0 Å². The lowest BCUT2D eigenvalue weighted by Crippen LogP contribution is -2.50. The molecular weight excluding hydrogens is 276 g/mol. The molecule has 0 saturated heterocycles. The molecule has 1 heterocycles. The summed E-state index contributed by atoms with van der Waals surface area (Å²) in [5.41, 5.74) is -1.88. The number of hydrogen-bond acceptors (Lipinski definition) is 5. The molecule has 0 aliphatic heterocycles. The van der Waals surface area contributed by atoms with Gasteiger partial charge in [0, 0.05) is 12.1 Å². The highest BCUT2D eigenvalue weighted by atomic mass is 16.6. The van der Waals surface area contributed by atoms with Crippen LogP contribution in [0.4, 0.5) is 5.69 Å². The van der Waals surface area contributed by atoms with E-state index < -0.39 is 21.9 Å². The van der Waals surface area contributed by atoms with Gasteiger partial charge in [0.05, 0.1) is 17.2 Å². The summed E-state index contributed by atoms with van der Waals surface area (Å²) >= 11 is 0. The van der Waals surface area contributed by atoms with E-state index >= 15 is 0 Å². The molecule has 1 rings (SSSR count). The van der Waals surface area contributed by atoms with Crippen LogP contribution in [0.2, 0.25) is 0 Å². The Balaban J connectivity index is 2.95. The molecule has 0 radical (unpaired) electrons. The van der Waals surface area contributed by atoms with Crippen LogP contribution in [0, 0.1) is 27.4 Å². The molecule has 0 aromatic carbocycles. The van der Waals surface area contributed by atoms with Crippen molar-refractivity contribution in [1.29, 1.82) is 5.26 Å². The number of nitrogens with zero attached hydrogens (tertiary/aromatic N) is 3. The smallest absolute Gasteiger partial charge is 0.285 e. The van der Waals surface area contributed by atoms with Crippen LogP contribution in [-0.2, 0) is 11.3 Å². The number of pyridine rings is 1. The maximum Gasteiger partial charge on any atom is 0.285 e. The topological polar surface area (TPSA) is 118 Å². The van der Waals surface area contributed by atoms with Gasteiger partial charge < -0.3 is 5.32 Å². The summed E-state index contributed by atoms with van der Waals surface area (Å²) in [6.07, 6.45) is 1.00. The first kappa shape index (κ1) is 16.4. The monoisotopic (exact) mass is 292 g/mol. The second-order valence-corrected chi connectivity index (χ2v) is 5.13. The van der Waals surface area contributed by atoms with Crippen molar-refractivity contribution in [2.75, 3.05) is 0 Å². The summed E-state index contributed by atoms with van der Waals surface area (Å²) in [7, 11) is 0. The summed E-state index contributed by atoms with van der Waals surface area (Å²) < 4.78 is 0.936. The Kier molecular flexibility index (Phi) is 4.81. The second kappa shape index (κ2) is 6.17. The lowest BCUT2D eigenvalue weighted by molar-refractivity contribution is -0.385. The van der Waals surface area contributed by atoms with Crippen molar-refractivity contribution >= 4 is 11.6 Å². The van der Waals surface area contributed by atoms with Gasteiger partial charge >= 0.3 is 0 Å². The average Bonchev–Trinajstić information content (AvgIpc) is 2.40. The number of carbonyl (C=O) groups is 1. The Hall–Kier alpha value is -2.69. The highest BCUT2D eigenvalue weighted by Crippen LogP contribution is 2.15. The zero-order valence-corrected chi connectivity index (χ0v) is 12.0. The molecule has 21 heavy (non-hydrogen) atoms. The van der Waals surface area contributed by atoms with Crippen molar-refractivity contribution in [1.82, 2.24) is 9.88 Å². The number of aromatic nitrogens is 1. The van der Waals surface area contributed by atoms with Gasteiger partial charge in [0.2, 0.25) is 5.91 Å². The summed E-state index contributed by atoms with van der Waals surface area (Å²) in [4.78, 5) is 33.5. The lowest BCUT2D eigenvalue weighted by Gasteiger charge is -2.27. The van der Waals surface area contributed by atoms with Gasteiger partial charge in [-0.15, -0.1) is 0 Å². The number of hydrogen-bond donors (Lipinski definition) is 1. The number of carbonyl (C=O) groups excluding carboxylic acids is 1. The van der Waals surface area contributed by atoms with E-state index in [1.807, 2.05) is 6.07 Å². The predicted octanol–water partition coefficient (Wildman–Crippen LogP) is 0.811. The van der Waals surface area contributed by atoms with Gasteiger partial charge in [-0.1, -0.05) is 13.8 Å². The van der Waals surface area contributed by atoms with Gasteiger partial charge in [0.1, 0.15) is 12.1 Å². The maximum absolute atomic E-state index is 11.9. The summed E-state index contributed by atoms with van der Waals surface area (Å²) in [6, 6.07) is 4.11. The third kappa shape index (κ3) is 3.89. The molecule has 1 N–H and O–H groups in total. The molecule has 0 fully saturated rings. The van der Waals surface area contributed by atoms with E-state index in [0.29, 0.717) is 0 Å². The van der Waals surface area contributed by atoms with Crippen molar-refractivity contribution in [2.24, 2.45) is 5.92 Å². The molecule has 1 aromatic heterocycles. The normalized spacial score (nSPS) is 13.3. The van der Waals surface area contributed by atoms with Gasteiger partial charge in [-0.2, -0.15) is 5.26 Å². The molecule has 0 aliphatic carbocycles. The molecule has 1 atom stereocenters. The molecule has 0 aliphatic rings.